The molecule has 0 bridgehead atoms. The zero-order chi connectivity index (χ0) is 16.9. The van der Waals surface area contributed by atoms with Crippen LogP contribution in [0.4, 0.5) is 4.79 Å². The van der Waals surface area contributed by atoms with Gasteiger partial charge < -0.3 is 15.4 Å². The van der Waals surface area contributed by atoms with Gasteiger partial charge in [-0.15, -0.1) is 11.3 Å². The van der Waals surface area contributed by atoms with Crippen molar-refractivity contribution in [3.05, 3.63) is 20.8 Å². The summed E-state index contributed by atoms with van der Waals surface area (Å²) in [4.78, 5) is 12.1. The minimum absolute atomic E-state index is 0.134. The van der Waals surface area contributed by atoms with E-state index in [9.17, 15) is 4.79 Å². The SMILES string of the molecule is CC(C)(C)OC(=O)NC1CCCCCC1NCc1csc(Br)c1. The molecule has 1 heterocycles. The molecule has 130 valence electrons. The second-order valence-electron chi connectivity index (χ2n) is 7.14. The largest absolute Gasteiger partial charge is 0.444 e. The van der Waals surface area contributed by atoms with E-state index in [1.54, 1.807) is 11.3 Å². The van der Waals surface area contributed by atoms with Crippen LogP contribution in [0.2, 0.25) is 0 Å². The fourth-order valence-corrected chi connectivity index (χ4v) is 4.08. The standard InChI is InChI=1S/C17H27BrN2O2S/c1-17(2,3)22-16(21)20-14-8-6-4-5-7-13(14)19-10-12-9-15(18)23-11-12/h9,11,13-14,19H,4-8,10H2,1-3H3,(H,20,21). The van der Waals surface area contributed by atoms with Gasteiger partial charge in [0.1, 0.15) is 5.60 Å². The number of carbonyl (C=O) groups excluding carboxylic acids is 1. The van der Waals surface area contributed by atoms with Gasteiger partial charge in [0.2, 0.25) is 0 Å². The summed E-state index contributed by atoms with van der Waals surface area (Å²) >= 11 is 5.20. The highest BCUT2D eigenvalue weighted by atomic mass is 79.9. The fraction of sp³-hybridized carbons (Fsp3) is 0.706. The van der Waals surface area contributed by atoms with Crippen molar-refractivity contribution in [1.29, 1.82) is 0 Å². The number of rotatable bonds is 4. The Morgan fingerprint density at radius 2 is 2.00 bits per heavy atom. The molecule has 23 heavy (non-hydrogen) atoms. The predicted molar refractivity (Wildman–Crippen MR) is 98.9 cm³/mol. The average molecular weight is 403 g/mol. The first-order chi connectivity index (χ1) is 10.8. The Morgan fingerprint density at radius 1 is 1.30 bits per heavy atom. The Balaban J connectivity index is 1.91. The molecule has 2 rings (SSSR count). The van der Waals surface area contributed by atoms with Gasteiger partial charge in [0, 0.05) is 18.6 Å². The number of hydrogen-bond donors (Lipinski definition) is 2. The summed E-state index contributed by atoms with van der Waals surface area (Å²) in [5, 5.41) is 8.86. The first-order valence-electron chi connectivity index (χ1n) is 8.29. The maximum absolute atomic E-state index is 12.1. The molecule has 1 saturated carbocycles. The maximum atomic E-state index is 12.1. The molecule has 1 aliphatic rings. The van der Waals surface area contributed by atoms with Crippen molar-refractivity contribution in [2.24, 2.45) is 0 Å². The zero-order valence-corrected chi connectivity index (χ0v) is 16.6. The van der Waals surface area contributed by atoms with Gasteiger partial charge in [0.05, 0.1) is 3.79 Å². The number of amides is 1. The van der Waals surface area contributed by atoms with Crippen molar-refractivity contribution in [2.75, 3.05) is 0 Å². The first kappa shape index (κ1) is 18.7. The molecule has 1 aromatic heterocycles. The normalized spacial score (nSPS) is 22.4. The predicted octanol–water partition coefficient (Wildman–Crippen LogP) is 4.83. The highest BCUT2D eigenvalue weighted by molar-refractivity contribution is 9.11. The maximum Gasteiger partial charge on any atom is 0.407 e. The van der Waals surface area contributed by atoms with E-state index in [-0.39, 0.29) is 12.1 Å². The van der Waals surface area contributed by atoms with E-state index in [1.807, 2.05) is 20.8 Å². The summed E-state index contributed by atoms with van der Waals surface area (Å²) in [6.45, 7) is 6.51. The van der Waals surface area contributed by atoms with Crippen molar-refractivity contribution in [2.45, 2.75) is 77.1 Å². The van der Waals surface area contributed by atoms with Crippen LogP contribution in [0.15, 0.2) is 15.2 Å². The molecule has 2 atom stereocenters. The van der Waals surface area contributed by atoms with Crippen LogP contribution in [0.1, 0.15) is 58.4 Å². The van der Waals surface area contributed by atoms with Gasteiger partial charge in [-0.1, -0.05) is 19.3 Å². The molecular formula is C17H27BrN2O2S. The number of ether oxygens (including phenoxy) is 1. The van der Waals surface area contributed by atoms with E-state index >= 15 is 0 Å². The topological polar surface area (TPSA) is 50.4 Å². The Kier molecular flexibility index (Phi) is 6.92. The lowest BCUT2D eigenvalue weighted by molar-refractivity contribution is 0.0489. The van der Waals surface area contributed by atoms with Crippen LogP contribution in [0, 0.1) is 0 Å². The van der Waals surface area contributed by atoms with Crippen LogP contribution < -0.4 is 10.6 Å². The monoisotopic (exact) mass is 402 g/mol. The molecule has 2 N–H and O–H groups in total. The molecule has 1 aromatic rings. The zero-order valence-electron chi connectivity index (χ0n) is 14.2. The van der Waals surface area contributed by atoms with Gasteiger partial charge in [0.25, 0.3) is 0 Å². The van der Waals surface area contributed by atoms with Gasteiger partial charge in [-0.3, -0.25) is 0 Å². The van der Waals surface area contributed by atoms with Crippen LogP contribution in [-0.2, 0) is 11.3 Å². The fourth-order valence-electron chi connectivity index (χ4n) is 2.87. The van der Waals surface area contributed by atoms with E-state index < -0.39 is 5.60 Å². The number of carbonyl (C=O) groups is 1. The third kappa shape index (κ3) is 6.81. The number of nitrogens with one attached hydrogen (secondary N) is 2. The Morgan fingerprint density at radius 3 is 2.61 bits per heavy atom. The van der Waals surface area contributed by atoms with Crippen LogP contribution >= 0.6 is 27.3 Å². The molecule has 4 nitrogen and oxygen atoms in total. The summed E-state index contributed by atoms with van der Waals surface area (Å²) in [5.41, 5.74) is 0.822. The van der Waals surface area contributed by atoms with E-state index in [1.165, 1.54) is 18.4 Å². The molecule has 6 heteroatoms. The molecule has 0 radical (unpaired) electrons. The van der Waals surface area contributed by atoms with E-state index in [2.05, 4.69) is 38.0 Å². The van der Waals surface area contributed by atoms with Crippen molar-refractivity contribution < 1.29 is 9.53 Å². The Labute approximate surface area is 151 Å². The molecule has 1 fully saturated rings. The van der Waals surface area contributed by atoms with Crippen molar-refractivity contribution in [3.63, 3.8) is 0 Å². The van der Waals surface area contributed by atoms with Crippen molar-refractivity contribution in [1.82, 2.24) is 10.6 Å². The molecule has 0 aliphatic heterocycles. The van der Waals surface area contributed by atoms with Gasteiger partial charge in [0.15, 0.2) is 0 Å². The third-order valence-electron chi connectivity index (χ3n) is 3.91. The van der Waals surface area contributed by atoms with Crippen molar-refractivity contribution >= 4 is 33.4 Å². The summed E-state index contributed by atoms with van der Waals surface area (Å²) < 4.78 is 6.56. The van der Waals surface area contributed by atoms with E-state index in [0.29, 0.717) is 6.04 Å². The second-order valence-corrected chi connectivity index (χ2v) is 9.43. The molecular weight excluding hydrogens is 376 g/mol. The third-order valence-corrected chi connectivity index (χ3v) is 5.46. The lowest BCUT2D eigenvalue weighted by Crippen LogP contribution is -2.50. The Hall–Kier alpha value is -0.590. The Bertz CT molecular complexity index is 513. The highest BCUT2D eigenvalue weighted by Crippen LogP contribution is 2.22. The average Bonchev–Trinajstić information content (AvgIpc) is 2.72. The van der Waals surface area contributed by atoms with Crippen LogP contribution in [-0.4, -0.2) is 23.8 Å². The highest BCUT2D eigenvalue weighted by Gasteiger charge is 2.27. The lowest BCUT2D eigenvalue weighted by Gasteiger charge is -2.28. The van der Waals surface area contributed by atoms with E-state index in [0.717, 1.165) is 29.6 Å². The van der Waals surface area contributed by atoms with Crippen LogP contribution in [0.5, 0.6) is 0 Å². The van der Waals surface area contributed by atoms with Crippen LogP contribution in [0.25, 0.3) is 0 Å². The lowest BCUT2D eigenvalue weighted by atomic mass is 10.0. The van der Waals surface area contributed by atoms with Crippen LogP contribution in [0.3, 0.4) is 0 Å². The summed E-state index contributed by atoms with van der Waals surface area (Å²) in [5.74, 6) is 0. The summed E-state index contributed by atoms with van der Waals surface area (Å²) in [7, 11) is 0. The van der Waals surface area contributed by atoms with Gasteiger partial charge >= 0.3 is 6.09 Å². The first-order valence-corrected chi connectivity index (χ1v) is 9.96. The molecule has 2 unspecified atom stereocenters. The number of hydrogen-bond acceptors (Lipinski definition) is 4. The molecule has 1 aliphatic carbocycles. The van der Waals surface area contributed by atoms with Gasteiger partial charge in [-0.2, -0.15) is 0 Å². The number of halogens is 1. The summed E-state index contributed by atoms with van der Waals surface area (Å²) in [6.07, 6.45) is 5.37. The quantitative estimate of drug-likeness (QED) is 0.709. The molecule has 0 spiro atoms. The minimum Gasteiger partial charge on any atom is -0.444 e. The smallest absolute Gasteiger partial charge is 0.407 e. The van der Waals surface area contributed by atoms with Crippen molar-refractivity contribution in [3.8, 4) is 0 Å². The minimum atomic E-state index is -0.458. The van der Waals surface area contributed by atoms with Gasteiger partial charge in [-0.05, 0) is 66.6 Å². The molecule has 1 amide bonds. The summed E-state index contributed by atoms with van der Waals surface area (Å²) in [6, 6.07) is 2.57. The molecule has 0 aromatic carbocycles. The molecule has 0 saturated heterocycles. The van der Waals surface area contributed by atoms with Gasteiger partial charge in [-0.25, -0.2) is 4.79 Å². The second kappa shape index (κ2) is 8.49. The van der Waals surface area contributed by atoms with E-state index in [4.69, 9.17) is 4.74 Å². The number of thiophene rings is 1. The number of alkyl carbamates (subject to hydrolysis) is 1.